The summed E-state index contributed by atoms with van der Waals surface area (Å²) < 4.78 is 4.89. The number of nitro groups is 1. The van der Waals surface area contributed by atoms with E-state index in [1.165, 1.54) is 7.11 Å². The van der Waals surface area contributed by atoms with E-state index in [1.807, 2.05) is 6.07 Å². The molecule has 0 spiro atoms. The largest absolute Gasteiger partial charge is 0.504 e. The van der Waals surface area contributed by atoms with Gasteiger partial charge in [-0.15, -0.1) is 0 Å². The Balaban J connectivity index is 2.23. The van der Waals surface area contributed by atoms with Crippen LogP contribution in [0.1, 0.15) is 21.5 Å². The average molecular weight is 329 g/mol. The van der Waals surface area contributed by atoms with E-state index < -0.39 is 10.8 Å². The first-order valence-electron chi connectivity index (χ1n) is 6.88. The molecule has 0 saturated heterocycles. The smallest absolute Gasteiger partial charge is 0.274 e. The molecule has 0 saturated carbocycles. The summed E-state index contributed by atoms with van der Waals surface area (Å²) in [4.78, 5) is 22.3. The van der Waals surface area contributed by atoms with Crippen LogP contribution in [0.4, 0.5) is 5.69 Å². The van der Waals surface area contributed by atoms with Gasteiger partial charge in [-0.2, -0.15) is 5.10 Å². The number of nitrogens with zero attached hydrogens (tertiary/aromatic N) is 2. The number of hydrogen-bond donors (Lipinski definition) is 2. The number of rotatable bonds is 5. The molecule has 0 fully saturated rings. The predicted molar refractivity (Wildman–Crippen MR) is 87.6 cm³/mol. The molecule has 0 aliphatic carbocycles. The van der Waals surface area contributed by atoms with Gasteiger partial charge in [-0.25, -0.2) is 5.43 Å². The lowest BCUT2D eigenvalue weighted by atomic mass is 10.1. The first kappa shape index (κ1) is 16.9. The van der Waals surface area contributed by atoms with E-state index >= 15 is 0 Å². The van der Waals surface area contributed by atoms with E-state index in [0.29, 0.717) is 5.56 Å². The van der Waals surface area contributed by atoms with Crippen LogP contribution in [-0.2, 0) is 0 Å². The van der Waals surface area contributed by atoms with Gasteiger partial charge in [-0.05, 0) is 18.6 Å². The van der Waals surface area contributed by atoms with Crippen LogP contribution in [-0.4, -0.2) is 29.3 Å². The van der Waals surface area contributed by atoms with Crippen molar-refractivity contribution in [2.24, 2.45) is 5.10 Å². The number of carbonyl (C=O) groups excluding carboxylic acids is 1. The molecule has 0 bridgehead atoms. The van der Waals surface area contributed by atoms with E-state index in [4.69, 9.17) is 4.74 Å². The number of nitro benzene ring substituents is 1. The monoisotopic (exact) mass is 329 g/mol. The molecule has 0 aliphatic heterocycles. The minimum absolute atomic E-state index is 0.0473. The molecule has 0 atom stereocenters. The minimum atomic E-state index is -0.620. The van der Waals surface area contributed by atoms with E-state index in [2.05, 4.69) is 10.5 Å². The van der Waals surface area contributed by atoms with Gasteiger partial charge in [-0.3, -0.25) is 14.9 Å². The molecule has 1 amide bonds. The molecule has 2 aromatic carbocycles. The summed E-state index contributed by atoms with van der Waals surface area (Å²) in [5.41, 5.74) is 3.33. The topological polar surface area (TPSA) is 114 Å². The number of methoxy groups -OCH3 is 1. The first-order chi connectivity index (χ1) is 11.4. The number of hydrogen-bond acceptors (Lipinski definition) is 6. The number of ether oxygens (including phenoxy) is 1. The third-order valence-corrected chi connectivity index (χ3v) is 3.28. The second-order valence-corrected chi connectivity index (χ2v) is 4.86. The van der Waals surface area contributed by atoms with Crippen LogP contribution in [0.2, 0.25) is 0 Å². The fraction of sp³-hybridized carbons (Fsp3) is 0.125. The van der Waals surface area contributed by atoms with Crippen molar-refractivity contribution in [2.75, 3.05) is 7.11 Å². The van der Waals surface area contributed by atoms with Gasteiger partial charge in [0.05, 0.1) is 24.3 Å². The minimum Gasteiger partial charge on any atom is -0.504 e. The van der Waals surface area contributed by atoms with Crippen LogP contribution in [0.5, 0.6) is 11.5 Å². The van der Waals surface area contributed by atoms with Gasteiger partial charge in [0.25, 0.3) is 11.6 Å². The Bertz CT molecular complexity index is 817. The maximum atomic E-state index is 12.0. The highest BCUT2D eigenvalue weighted by molar-refractivity contribution is 5.96. The number of amides is 1. The number of aromatic hydroxyl groups is 1. The Morgan fingerprint density at radius 3 is 2.71 bits per heavy atom. The zero-order valence-corrected chi connectivity index (χ0v) is 13.0. The highest BCUT2D eigenvalue weighted by Crippen LogP contribution is 2.33. The van der Waals surface area contributed by atoms with Gasteiger partial charge in [-0.1, -0.05) is 18.2 Å². The van der Waals surface area contributed by atoms with Crippen molar-refractivity contribution >= 4 is 17.8 Å². The summed E-state index contributed by atoms with van der Waals surface area (Å²) in [6, 6.07) is 9.19. The number of aryl methyl sites for hydroxylation is 1. The Kier molecular flexibility index (Phi) is 5.10. The summed E-state index contributed by atoms with van der Waals surface area (Å²) >= 11 is 0. The molecule has 0 radical (unpaired) electrons. The summed E-state index contributed by atoms with van der Waals surface area (Å²) in [7, 11) is 1.28. The molecule has 24 heavy (non-hydrogen) atoms. The van der Waals surface area contributed by atoms with E-state index in [-0.39, 0.29) is 22.7 Å². The first-order valence-corrected chi connectivity index (χ1v) is 6.88. The van der Waals surface area contributed by atoms with Gasteiger partial charge in [0.1, 0.15) is 0 Å². The number of phenolic OH excluding ortho intramolecular Hbond substituents is 1. The third kappa shape index (κ3) is 3.67. The van der Waals surface area contributed by atoms with Crippen LogP contribution >= 0.6 is 0 Å². The molecule has 0 heterocycles. The van der Waals surface area contributed by atoms with E-state index in [1.54, 1.807) is 25.1 Å². The van der Waals surface area contributed by atoms with E-state index in [0.717, 1.165) is 23.9 Å². The van der Waals surface area contributed by atoms with Gasteiger partial charge >= 0.3 is 0 Å². The van der Waals surface area contributed by atoms with Gasteiger partial charge < -0.3 is 9.84 Å². The standard InChI is InChI=1S/C16H15N3O5/c1-10-5-3-4-6-13(10)16(21)18-17-9-11-7-12(19(22)23)8-14(24-2)15(11)20/h3-9,20H,1-2H3,(H,18,21). The van der Waals surface area contributed by atoms with Crippen LogP contribution in [0, 0.1) is 17.0 Å². The molecule has 2 N–H and O–H groups in total. The molecular weight excluding hydrogens is 314 g/mol. The Morgan fingerprint density at radius 1 is 1.38 bits per heavy atom. The normalized spacial score (nSPS) is 10.6. The fourth-order valence-corrected chi connectivity index (χ4v) is 2.02. The van der Waals surface area contributed by atoms with Gasteiger partial charge in [0.15, 0.2) is 11.5 Å². The Labute approximate surface area is 137 Å². The number of nitrogens with one attached hydrogen (secondary N) is 1. The maximum absolute atomic E-state index is 12.0. The summed E-state index contributed by atoms with van der Waals surface area (Å²) in [6.07, 6.45) is 1.11. The van der Waals surface area contributed by atoms with Crippen LogP contribution in [0.25, 0.3) is 0 Å². The van der Waals surface area contributed by atoms with E-state index in [9.17, 15) is 20.0 Å². The predicted octanol–water partition coefficient (Wildman–Crippen LogP) is 2.38. The van der Waals surface area contributed by atoms with Crippen molar-refractivity contribution in [3.63, 3.8) is 0 Å². The lowest BCUT2D eigenvalue weighted by Gasteiger charge is -2.06. The highest BCUT2D eigenvalue weighted by Gasteiger charge is 2.16. The van der Waals surface area contributed by atoms with Crippen molar-refractivity contribution in [1.82, 2.24) is 5.43 Å². The molecular formula is C16H15N3O5. The van der Waals surface area contributed by atoms with Crippen molar-refractivity contribution in [2.45, 2.75) is 6.92 Å². The quantitative estimate of drug-likeness (QED) is 0.496. The summed E-state index contributed by atoms with van der Waals surface area (Å²) in [6.45, 7) is 1.79. The molecule has 8 nitrogen and oxygen atoms in total. The Morgan fingerprint density at radius 2 is 2.08 bits per heavy atom. The van der Waals surface area contributed by atoms with Crippen molar-refractivity contribution < 1.29 is 19.6 Å². The van der Waals surface area contributed by atoms with Crippen molar-refractivity contribution in [1.29, 1.82) is 0 Å². The Hall–Kier alpha value is -3.42. The average Bonchev–Trinajstić information content (AvgIpc) is 2.56. The second-order valence-electron chi connectivity index (χ2n) is 4.86. The fourth-order valence-electron chi connectivity index (χ4n) is 2.02. The molecule has 8 heteroatoms. The molecule has 0 unspecified atom stereocenters. The molecule has 0 aromatic heterocycles. The van der Waals surface area contributed by atoms with Gasteiger partial charge in [0, 0.05) is 17.2 Å². The lowest BCUT2D eigenvalue weighted by Crippen LogP contribution is -2.18. The van der Waals surface area contributed by atoms with Crippen LogP contribution < -0.4 is 10.2 Å². The number of carbonyl (C=O) groups is 1. The zero-order chi connectivity index (χ0) is 17.7. The van der Waals surface area contributed by atoms with Crippen LogP contribution in [0.3, 0.4) is 0 Å². The number of phenols is 1. The summed E-state index contributed by atoms with van der Waals surface area (Å²) in [5, 5.41) is 24.6. The number of non-ortho nitro benzene ring substituents is 1. The van der Waals surface area contributed by atoms with Crippen molar-refractivity contribution in [3.05, 3.63) is 63.2 Å². The molecule has 124 valence electrons. The maximum Gasteiger partial charge on any atom is 0.274 e. The molecule has 2 aromatic rings. The number of hydrazone groups is 1. The zero-order valence-electron chi connectivity index (χ0n) is 13.0. The van der Waals surface area contributed by atoms with Crippen LogP contribution in [0.15, 0.2) is 41.5 Å². The summed E-state index contributed by atoms with van der Waals surface area (Å²) in [5.74, 6) is -0.797. The number of benzene rings is 2. The second kappa shape index (κ2) is 7.23. The third-order valence-electron chi connectivity index (χ3n) is 3.28. The molecule has 0 aliphatic rings. The lowest BCUT2D eigenvalue weighted by molar-refractivity contribution is -0.385. The van der Waals surface area contributed by atoms with Gasteiger partial charge in [0.2, 0.25) is 0 Å². The highest BCUT2D eigenvalue weighted by atomic mass is 16.6. The van der Waals surface area contributed by atoms with Crippen molar-refractivity contribution in [3.8, 4) is 11.5 Å². The SMILES string of the molecule is COc1cc([N+](=O)[O-])cc(C=NNC(=O)c2ccccc2C)c1O. The molecule has 2 rings (SSSR count).